The van der Waals surface area contributed by atoms with Crippen molar-refractivity contribution in [2.45, 2.75) is 6.17 Å². The molecule has 0 saturated carbocycles. The fourth-order valence-electron chi connectivity index (χ4n) is 3.54. The third-order valence-electron chi connectivity index (χ3n) is 5.23. The van der Waals surface area contributed by atoms with Crippen molar-refractivity contribution < 1.29 is 9.59 Å². The van der Waals surface area contributed by atoms with Crippen LogP contribution in [0.2, 0.25) is 0 Å². The predicted molar refractivity (Wildman–Crippen MR) is 127 cm³/mol. The molecule has 5 rings (SSSR count). The summed E-state index contributed by atoms with van der Waals surface area (Å²) in [5.74, 6) is -0.421. The number of carbonyl (C=O) groups excluding carboxylic acids is 2. The summed E-state index contributed by atoms with van der Waals surface area (Å²) in [5.41, 5.74) is 5.22. The Labute approximate surface area is 190 Å². The first kappa shape index (κ1) is 20.2. The Morgan fingerprint density at radius 3 is 1.88 bits per heavy atom. The number of nitrogens with one attached hydrogen (secondary N) is 4. The summed E-state index contributed by atoms with van der Waals surface area (Å²) >= 11 is 0. The Kier molecular flexibility index (Phi) is 5.38. The van der Waals surface area contributed by atoms with Gasteiger partial charge in [0.2, 0.25) is 0 Å². The highest BCUT2D eigenvalue weighted by Gasteiger charge is 2.21. The molecule has 1 aliphatic rings. The first-order chi connectivity index (χ1) is 16.2. The van der Waals surface area contributed by atoms with E-state index in [0.717, 1.165) is 16.9 Å². The molecule has 8 heteroatoms. The zero-order valence-corrected chi connectivity index (χ0v) is 17.4. The third-order valence-corrected chi connectivity index (χ3v) is 5.23. The highest BCUT2D eigenvalue weighted by atomic mass is 16.2. The molecule has 33 heavy (non-hydrogen) atoms. The van der Waals surface area contributed by atoms with Crippen LogP contribution in [0.5, 0.6) is 0 Å². The van der Waals surface area contributed by atoms with Gasteiger partial charge in [-0.1, -0.05) is 12.1 Å². The van der Waals surface area contributed by atoms with Crippen LogP contribution in [0.15, 0.2) is 91.5 Å². The molecule has 1 aliphatic heterocycles. The lowest BCUT2D eigenvalue weighted by Gasteiger charge is -2.13. The van der Waals surface area contributed by atoms with E-state index in [4.69, 9.17) is 0 Å². The van der Waals surface area contributed by atoms with E-state index in [9.17, 15) is 9.59 Å². The highest BCUT2D eigenvalue weighted by Crippen LogP contribution is 2.37. The number of fused-ring (bicyclic) bond motifs is 1. The second-order valence-corrected chi connectivity index (χ2v) is 7.50. The maximum atomic E-state index is 12.4. The van der Waals surface area contributed by atoms with Gasteiger partial charge in [-0.15, -0.1) is 0 Å². The van der Waals surface area contributed by atoms with Gasteiger partial charge in [-0.2, -0.15) is 0 Å². The zero-order valence-electron chi connectivity index (χ0n) is 17.4. The number of aromatic nitrogens is 2. The van der Waals surface area contributed by atoms with Gasteiger partial charge in [0.1, 0.15) is 6.17 Å². The normalized spacial score (nSPS) is 13.9. The van der Waals surface area contributed by atoms with Crippen molar-refractivity contribution in [3.8, 4) is 0 Å². The second kappa shape index (κ2) is 8.80. The average Bonchev–Trinajstić information content (AvgIpc) is 3.29. The van der Waals surface area contributed by atoms with Crippen molar-refractivity contribution in [2.24, 2.45) is 0 Å². The van der Waals surface area contributed by atoms with Crippen molar-refractivity contribution in [3.05, 3.63) is 108 Å². The minimum absolute atomic E-state index is 0.132. The summed E-state index contributed by atoms with van der Waals surface area (Å²) < 4.78 is 0. The second-order valence-electron chi connectivity index (χ2n) is 7.50. The van der Waals surface area contributed by atoms with E-state index in [1.807, 2.05) is 42.5 Å². The summed E-state index contributed by atoms with van der Waals surface area (Å²) in [6.07, 6.45) is 6.18. The van der Waals surface area contributed by atoms with Crippen LogP contribution in [-0.2, 0) is 0 Å². The quantitative estimate of drug-likeness (QED) is 0.366. The number of anilines is 4. The minimum atomic E-state index is -0.213. The van der Waals surface area contributed by atoms with Crippen LogP contribution in [-0.4, -0.2) is 21.8 Å². The number of nitrogens with zero attached hydrogens (tertiary/aromatic N) is 2. The van der Waals surface area contributed by atoms with Crippen LogP contribution < -0.4 is 21.3 Å². The van der Waals surface area contributed by atoms with Crippen molar-refractivity contribution in [2.75, 3.05) is 21.3 Å². The number of rotatable bonds is 5. The average molecular weight is 436 g/mol. The van der Waals surface area contributed by atoms with Gasteiger partial charge in [-0.25, -0.2) is 0 Å². The first-order valence-electron chi connectivity index (χ1n) is 10.4. The molecule has 1 unspecified atom stereocenters. The maximum Gasteiger partial charge on any atom is 0.257 e. The summed E-state index contributed by atoms with van der Waals surface area (Å²) in [6.45, 7) is 0. The van der Waals surface area contributed by atoms with Gasteiger partial charge < -0.3 is 21.3 Å². The van der Waals surface area contributed by atoms with Crippen molar-refractivity contribution in [1.29, 1.82) is 0 Å². The van der Waals surface area contributed by atoms with Gasteiger partial charge in [0.25, 0.3) is 11.8 Å². The Morgan fingerprint density at radius 1 is 0.697 bits per heavy atom. The lowest BCUT2D eigenvalue weighted by atomic mass is 10.1. The SMILES string of the molecule is O=C(Nc1ccc(C2Nc3ccc(NC(=O)c4cccnc4)cc3N2)cc1)c1cccnc1. The van der Waals surface area contributed by atoms with E-state index in [1.165, 1.54) is 12.4 Å². The van der Waals surface area contributed by atoms with Gasteiger partial charge in [-0.3, -0.25) is 19.6 Å². The van der Waals surface area contributed by atoms with Gasteiger partial charge in [-0.05, 0) is 60.2 Å². The predicted octanol–water partition coefficient (Wildman–Crippen LogP) is 4.52. The fourth-order valence-corrected chi connectivity index (χ4v) is 3.54. The van der Waals surface area contributed by atoms with Crippen LogP contribution in [0.25, 0.3) is 0 Å². The molecule has 4 N–H and O–H groups in total. The van der Waals surface area contributed by atoms with Crippen molar-refractivity contribution >= 4 is 34.6 Å². The largest absolute Gasteiger partial charge is 0.360 e. The van der Waals surface area contributed by atoms with Crippen LogP contribution in [0.1, 0.15) is 32.4 Å². The number of amides is 2. The Morgan fingerprint density at radius 2 is 1.27 bits per heavy atom. The van der Waals surface area contributed by atoms with Gasteiger partial charge in [0, 0.05) is 36.2 Å². The molecular weight excluding hydrogens is 416 g/mol. The minimum Gasteiger partial charge on any atom is -0.360 e. The van der Waals surface area contributed by atoms with Crippen molar-refractivity contribution in [3.63, 3.8) is 0 Å². The molecule has 2 aromatic heterocycles. The third kappa shape index (κ3) is 4.49. The lowest BCUT2D eigenvalue weighted by molar-refractivity contribution is 0.101. The van der Waals surface area contributed by atoms with E-state index in [1.54, 1.807) is 36.7 Å². The lowest BCUT2D eigenvalue weighted by Crippen LogP contribution is -2.14. The zero-order chi connectivity index (χ0) is 22.6. The van der Waals surface area contributed by atoms with Gasteiger partial charge in [0.15, 0.2) is 0 Å². The molecule has 1 atom stereocenters. The molecule has 2 aromatic carbocycles. The van der Waals surface area contributed by atoms with E-state index in [0.29, 0.717) is 22.5 Å². The molecule has 0 saturated heterocycles. The molecule has 2 amide bonds. The smallest absolute Gasteiger partial charge is 0.257 e. The van der Waals surface area contributed by atoms with E-state index in [2.05, 4.69) is 31.2 Å². The van der Waals surface area contributed by atoms with E-state index < -0.39 is 0 Å². The van der Waals surface area contributed by atoms with E-state index >= 15 is 0 Å². The molecule has 0 spiro atoms. The number of carbonyl (C=O) groups is 2. The maximum absolute atomic E-state index is 12.4. The number of benzene rings is 2. The Balaban J connectivity index is 1.23. The first-order valence-corrected chi connectivity index (χ1v) is 10.4. The Bertz CT molecular complexity index is 1290. The summed E-state index contributed by atoms with van der Waals surface area (Å²) in [5, 5.41) is 12.6. The summed E-state index contributed by atoms with van der Waals surface area (Å²) in [7, 11) is 0. The molecule has 0 radical (unpaired) electrons. The molecule has 3 heterocycles. The molecule has 8 nitrogen and oxygen atoms in total. The highest BCUT2D eigenvalue weighted by molar-refractivity contribution is 6.05. The van der Waals surface area contributed by atoms with Gasteiger partial charge in [0.05, 0.1) is 22.5 Å². The van der Waals surface area contributed by atoms with Crippen LogP contribution in [0, 0.1) is 0 Å². The molecule has 162 valence electrons. The summed E-state index contributed by atoms with van der Waals surface area (Å²) in [6, 6.07) is 20.1. The number of pyridine rings is 2. The topological polar surface area (TPSA) is 108 Å². The van der Waals surface area contributed by atoms with Crippen LogP contribution in [0.3, 0.4) is 0 Å². The fraction of sp³-hybridized carbons (Fsp3) is 0.0400. The monoisotopic (exact) mass is 436 g/mol. The number of hydrogen-bond acceptors (Lipinski definition) is 6. The van der Waals surface area contributed by atoms with Crippen LogP contribution >= 0.6 is 0 Å². The molecule has 0 aliphatic carbocycles. The molecule has 0 bridgehead atoms. The molecule has 0 fully saturated rings. The number of hydrogen-bond donors (Lipinski definition) is 4. The molecular formula is C25H20N6O2. The van der Waals surface area contributed by atoms with Crippen molar-refractivity contribution in [1.82, 2.24) is 9.97 Å². The standard InChI is InChI=1S/C25H20N6O2/c32-24(17-3-1-11-26-14-17)28-19-7-5-16(6-8-19)23-30-21-10-9-20(13-22(21)31-23)29-25(33)18-4-2-12-27-15-18/h1-15,23,30-31H,(H,28,32)(H,29,33). The van der Waals surface area contributed by atoms with E-state index in [-0.39, 0.29) is 18.0 Å². The van der Waals surface area contributed by atoms with Crippen LogP contribution in [0.4, 0.5) is 22.7 Å². The summed E-state index contributed by atoms with van der Waals surface area (Å²) in [4.78, 5) is 32.6. The van der Waals surface area contributed by atoms with Gasteiger partial charge >= 0.3 is 0 Å². The Hall–Kier alpha value is -4.72. The molecule has 4 aromatic rings.